The third-order valence-electron chi connectivity index (χ3n) is 3.55. The average molecular weight is 248 g/mol. The van der Waals surface area contributed by atoms with E-state index in [9.17, 15) is 0 Å². The van der Waals surface area contributed by atoms with Gasteiger partial charge in [0, 0.05) is 12.6 Å². The van der Waals surface area contributed by atoms with Gasteiger partial charge >= 0.3 is 0 Å². The Bertz CT molecular complexity index is 336. The summed E-state index contributed by atoms with van der Waals surface area (Å²) >= 11 is 0. The molecule has 0 aliphatic rings. The monoisotopic (exact) mass is 248 g/mol. The highest BCUT2D eigenvalue weighted by atomic mass is 15.1. The lowest BCUT2D eigenvalue weighted by atomic mass is 10.0. The van der Waals surface area contributed by atoms with E-state index in [1.165, 1.54) is 36.9 Å². The van der Waals surface area contributed by atoms with Crippen molar-refractivity contribution in [2.24, 2.45) is 0 Å². The highest BCUT2D eigenvalue weighted by Gasteiger charge is 2.13. The quantitative estimate of drug-likeness (QED) is 0.710. The van der Waals surface area contributed by atoms with Gasteiger partial charge in [-0.15, -0.1) is 0 Å². The van der Waals surface area contributed by atoms with E-state index in [4.69, 9.17) is 0 Å². The van der Waals surface area contributed by atoms with Crippen LogP contribution in [-0.2, 0) is 0 Å². The van der Waals surface area contributed by atoms with Gasteiger partial charge in [0.25, 0.3) is 0 Å². The number of aryl methyl sites for hydroxylation is 1. The SMILES string of the molecule is CCCCCN(C)CC(NC)c1ccccc1C. The van der Waals surface area contributed by atoms with Gasteiger partial charge < -0.3 is 10.2 Å². The second-order valence-corrected chi connectivity index (χ2v) is 5.17. The Balaban J connectivity index is 2.54. The molecule has 2 nitrogen and oxygen atoms in total. The molecule has 1 N–H and O–H groups in total. The lowest BCUT2D eigenvalue weighted by Crippen LogP contribution is -2.32. The zero-order chi connectivity index (χ0) is 13.4. The van der Waals surface area contributed by atoms with Gasteiger partial charge in [0.1, 0.15) is 0 Å². The van der Waals surface area contributed by atoms with Crippen LogP contribution in [0.5, 0.6) is 0 Å². The van der Waals surface area contributed by atoms with Crippen molar-refractivity contribution in [1.82, 2.24) is 10.2 Å². The molecular formula is C16H28N2. The molecule has 0 aliphatic carbocycles. The molecule has 0 radical (unpaired) electrons. The van der Waals surface area contributed by atoms with E-state index in [-0.39, 0.29) is 0 Å². The topological polar surface area (TPSA) is 15.3 Å². The minimum absolute atomic E-state index is 0.429. The summed E-state index contributed by atoms with van der Waals surface area (Å²) in [5, 5.41) is 3.44. The first-order valence-corrected chi connectivity index (χ1v) is 7.10. The van der Waals surface area contributed by atoms with Gasteiger partial charge in [-0.05, 0) is 45.1 Å². The number of unbranched alkanes of at least 4 members (excludes halogenated alkanes) is 2. The molecule has 0 fully saturated rings. The fourth-order valence-electron chi connectivity index (χ4n) is 2.36. The molecule has 0 aromatic heterocycles. The Morgan fingerprint density at radius 2 is 1.94 bits per heavy atom. The van der Waals surface area contributed by atoms with Crippen LogP contribution in [0, 0.1) is 6.92 Å². The molecular weight excluding hydrogens is 220 g/mol. The number of nitrogens with zero attached hydrogens (tertiary/aromatic N) is 1. The van der Waals surface area contributed by atoms with Gasteiger partial charge in [-0.25, -0.2) is 0 Å². The van der Waals surface area contributed by atoms with Gasteiger partial charge in [0.2, 0.25) is 0 Å². The highest BCUT2D eigenvalue weighted by molar-refractivity contribution is 5.28. The summed E-state index contributed by atoms with van der Waals surface area (Å²) in [4.78, 5) is 2.43. The largest absolute Gasteiger partial charge is 0.312 e. The summed E-state index contributed by atoms with van der Waals surface area (Å²) in [6, 6.07) is 9.09. The molecule has 1 aromatic rings. The molecule has 1 rings (SSSR count). The summed E-state index contributed by atoms with van der Waals surface area (Å²) in [6.45, 7) is 6.71. The van der Waals surface area contributed by atoms with Crippen molar-refractivity contribution in [2.45, 2.75) is 39.2 Å². The Labute approximate surface area is 112 Å². The van der Waals surface area contributed by atoms with Crippen molar-refractivity contribution in [3.05, 3.63) is 35.4 Å². The molecule has 0 aliphatic heterocycles. The fourth-order valence-corrected chi connectivity index (χ4v) is 2.36. The van der Waals surface area contributed by atoms with Crippen LogP contribution in [-0.4, -0.2) is 32.1 Å². The summed E-state index contributed by atoms with van der Waals surface area (Å²) < 4.78 is 0. The molecule has 0 spiro atoms. The molecule has 2 heteroatoms. The summed E-state index contributed by atoms with van der Waals surface area (Å²) in [7, 11) is 4.27. The van der Waals surface area contributed by atoms with Crippen LogP contribution in [0.2, 0.25) is 0 Å². The van der Waals surface area contributed by atoms with Crippen LogP contribution in [0.1, 0.15) is 43.4 Å². The van der Waals surface area contributed by atoms with E-state index < -0.39 is 0 Å². The van der Waals surface area contributed by atoms with Gasteiger partial charge in [0.05, 0.1) is 0 Å². The first-order valence-electron chi connectivity index (χ1n) is 7.10. The van der Waals surface area contributed by atoms with E-state index in [1.807, 2.05) is 0 Å². The molecule has 1 atom stereocenters. The minimum atomic E-state index is 0.429. The van der Waals surface area contributed by atoms with E-state index in [1.54, 1.807) is 0 Å². The Hall–Kier alpha value is -0.860. The smallest absolute Gasteiger partial charge is 0.0449 e. The third-order valence-corrected chi connectivity index (χ3v) is 3.55. The Morgan fingerprint density at radius 1 is 1.22 bits per heavy atom. The van der Waals surface area contributed by atoms with Crippen LogP contribution in [0.4, 0.5) is 0 Å². The second-order valence-electron chi connectivity index (χ2n) is 5.17. The van der Waals surface area contributed by atoms with Crippen LogP contribution in [0.25, 0.3) is 0 Å². The maximum absolute atomic E-state index is 3.44. The zero-order valence-corrected chi connectivity index (χ0v) is 12.4. The molecule has 0 saturated carbocycles. The van der Waals surface area contributed by atoms with Crippen molar-refractivity contribution in [3.8, 4) is 0 Å². The van der Waals surface area contributed by atoms with E-state index in [0.717, 1.165) is 6.54 Å². The van der Waals surface area contributed by atoms with Crippen LogP contribution in [0.3, 0.4) is 0 Å². The van der Waals surface area contributed by atoms with Crippen LogP contribution < -0.4 is 5.32 Å². The number of rotatable bonds is 8. The van der Waals surface area contributed by atoms with Gasteiger partial charge in [0.15, 0.2) is 0 Å². The standard InChI is InChI=1S/C16H28N2/c1-5-6-9-12-18(4)13-16(17-3)15-11-8-7-10-14(15)2/h7-8,10-11,16-17H,5-6,9,12-13H2,1-4H3. The summed E-state index contributed by atoms with van der Waals surface area (Å²) in [6.07, 6.45) is 3.93. The van der Waals surface area contributed by atoms with Gasteiger partial charge in [-0.2, -0.15) is 0 Å². The van der Waals surface area contributed by atoms with Crippen molar-refractivity contribution >= 4 is 0 Å². The fraction of sp³-hybridized carbons (Fsp3) is 0.625. The lowest BCUT2D eigenvalue weighted by Gasteiger charge is -2.25. The number of hydrogen-bond donors (Lipinski definition) is 1. The molecule has 0 bridgehead atoms. The number of benzene rings is 1. The number of nitrogens with one attached hydrogen (secondary N) is 1. The molecule has 0 amide bonds. The maximum Gasteiger partial charge on any atom is 0.0449 e. The zero-order valence-electron chi connectivity index (χ0n) is 12.4. The molecule has 1 unspecified atom stereocenters. The summed E-state index contributed by atoms with van der Waals surface area (Å²) in [5.74, 6) is 0. The van der Waals surface area contributed by atoms with Crippen molar-refractivity contribution in [3.63, 3.8) is 0 Å². The maximum atomic E-state index is 3.44. The molecule has 18 heavy (non-hydrogen) atoms. The first kappa shape index (κ1) is 15.2. The number of likely N-dealkylation sites (N-methyl/N-ethyl adjacent to an activating group) is 2. The third kappa shape index (κ3) is 4.79. The van der Waals surface area contributed by atoms with Crippen LogP contribution in [0.15, 0.2) is 24.3 Å². The summed E-state index contributed by atoms with van der Waals surface area (Å²) in [5.41, 5.74) is 2.79. The van der Waals surface area contributed by atoms with E-state index in [2.05, 4.69) is 62.4 Å². The first-order chi connectivity index (χ1) is 8.69. The van der Waals surface area contributed by atoms with Crippen molar-refractivity contribution in [2.75, 3.05) is 27.2 Å². The Morgan fingerprint density at radius 3 is 2.56 bits per heavy atom. The predicted octanol–water partition coefficient (Wildman–Crippen LogP) is 3.38. The highest BCUT2D eigenvalue weighted by Crippen LogP contribution is 2.18. The van der Waals surface area contributed by atoms with Gasteiger partial charge in [-0.1, -0.05) is 44.0 Å². The van der Waals surface area contributed by atoms with Crippen LogP contribution >= 0.6 is 0 Å². The number of hydrogen-bond acceptors (Lipinski definition) is 2. The van der Waals surface area contributed by atoms with Crippen molar-refractivity contribution in [1.29, 1.82) is 0 Å². The average Bonchev–Trinajstić information content (AvgIpc) is 2.37. The lowest BCUT2D eigenvalue weighted by molar-refractivity contribution is 0.290. The molecule has 0 heterocycles. The van der Waals surface area contributed by atoms with Gasteiger partial charge in [-0.3, -0.25) is 0 Å². The molecule has 0 saturated heterocycles. The Kier molecular flexibility index (Phi) is 6.99. The molecule has 102 valence electrons. The second kappa shape index (κ2) is 8.28. The van der Waals surface area contributed by atoms with E-state index >= 15 is 0 Å². The van der Waals surface area contributed by atoms with Crippen molar-refractivity contribution < 1.29 is 0 Å². The predicted molar refractivity (Wildman–Crippen MR) is 80.0 cm³/mol. The minimum Gasteiger partial charge on any atom is -0.312 e. The molecule has 1 aromatic carbocycles. The van der Waals surface area contributed by atoms with E-state index in [0.29, 0.717) is 6.04 Å². The normalized spacial score (nSPS) is 12.9.